The molecule has 0 bridgehead atoms. The molecule has 0 saturated carbocycles. The van der Waals surface area contributed by atoms with Gasteiger partial charge in [0.1, 0.15) is 11.9 Å². The average molecular weight is 416 g/mol. The fourth-order valence-electron chi connectivity index (χ4n) is 4.35. The Bertz CT molecular complexity index is 472. The van der Waals surface area contributed by atoms with Crippen LogP contribution in [0.15, 0.2) is 0 Å². The van der Waals surface area contributed by atoms with Crippen LogP contribution in [0.1, 0.15) is 97.3 Å². The van der Waals surface area contributed by atoms with E-state index in [-0.39, 0.29) is 23.7 Å². The lowest BCUT2D eigenvalue weighted by Crippen LogP contribution is -2.71. The van der Waals surface area contributed by atoms with E-state index in [2.05, 4.69) is 6.92 Å². The molecule has 29 heavy (non-hydrogen) atoms. The van der Waals surface area contributed by atoms with Gasteiger partial charge in [0.15, 0.2) is 5.54 Å². The minimum atomic E-state index is -1.51. The molecule has 172 valence electrons. The molecule has 0 aromatic carbocycles. The van der Waals surface area contributed by atoms with Crippen molar-refractivity contribution in [2.45, 2.75) is 109 Å². The minimum absolute atomic E-state index is 0.0104. The number of unbranched alkanes of at least 4 members (excludes halogenated alkanes) is 9. The number of quaternary nitrogens is 1. The molecule has 0 fully saturated rings. The Labute approximate surface area is 177 Å². The second-order valence-corrected chi connectivity index (χ2v) is 9.47. The van der Waals surface area contributed by atoms with Gasteiger partial charge in [-0.3, -0.25) is 4.79 Å². The van der Waals surface area contributed by atoms with Crippen molar-refractivity contribution in [3.8, 4) is 0 Å². The summed E-state index contributed by atoms with van der Waals surface area (Å²) in [6.45, 7) is 3.80. The highest BCUT2D eigenvalue weighted by Gasteiger charge is 2.53. The maximum atomic E-state index is 12.3. The maximum Gasteiger partial charge on any atom is 0.313 e. The largest absolute Gasteiger partial charge is 0.544 e. The molecule has 6 heteroatoms. The number of aliphatic hydroxyl groups is 1. The molecule has 6 nitrogen and oxygen atoms in total. The number of carbonyl (C=O) groups excluding carboxylic acids is 1. The molecule has 0 aromatic heterocycles. The summed E-state index contributed by atoms with van der Waals surface area (Å²) in [6, 6.07) is 0. The maximum absolute atomic E-state index is 12.3. The molecule has 3 unspecified atom stereocenters. The highest BCUT2D eigenvalue weighted by Crippen LogP contribution is 2.37. The highest BCUT2D eigenvalue weighted by molar-refractivity contribution is 5.84. The summed E-state index contributed by atoms with van der Waals surface area (Å²) in [7, 11) is 5.18. The predicted octanol–water partition coefficient (Wildman–Crippen LogP) is 3.35. The van der Waals surface area contributed by atoms with Crippen LogP contribution in [0.4, 0.5) is 0 Å². The summed E-state index contributed by atoms with van der Waals surface area (Å²) < 4.78 is -0.0104. The summed E-state index contributed by atoms with van der Waals surface area (Å²) in [5.74, 6) is -3.53. The molecular weight excluding hydrogens is 370 g/mol. The SMILES string of the molecule is CCCCCCCCCCCCC(C(=O)[O-])(C(CCC(C)O)C(=O)O)[N+](C)(C)C. The van der Waals surface area contributed by atoms with Crippen molar-refractivity contribution < 1.29 is 29.4 Å². The first kappa shape index (κ1) is 27.9. The first-order valence-electron chi connectivity index (χ1n) is 11.4. The third-order valence-electron chi connectivity index (χ3n) is 6.21. The molecular formula is C23H45NO5. The molecule has 0 rings (SSSR count). The number of likely N-dealkylation sites (N-methyl/N-ethyl adjacent to an activating group) is 1. The summed E-state index contributed by atoms with van der Waals surface area (Å²) in [5.41, 5.74) is -1.51. The summed E-state index contributed by atoms with van der Waals surface area (Å²) >= 11 is 0. The van der Waals surface area contributed by atoms with Crippen LogP contribution < -0.4 is 5.11 Å². The predicted molar refractivity (Wildman–Crippen MR) is 114 cm³/mol. The summed E-state index contributed by atoms with van der Waals surface area (Å²) in [4.78, 5) is 24.3. The van der Waals surface area contributed by atoms with E-state index >= 15 is 0 Å². The Hall–Kier alpha value is -1.14. The van der Waals surface area contributed by atoms with Crippen molar-refractivity contribution in [1.82, 2.24) is 0 Å². The van der Waals surface area contributed by atoms with Gasteiger partial charge in [-0.05, 0) is 26.2 Å². The van der Waals surface area contributed by atoms with Gasteiger partial charge in [-0.25, -0.2) is 0 Å². The van der Waals surface area contributed by atoms with E-state index < -0.39 is 29.5 Å². The van der Waals surface area contributed by atoms with Gasteiger partial charge in [0.2, 0.25) is 0 Å². The van der Waals surface area contributed by atoms with Crippen LogP contribution in [-0.2, 0) is 9.59 Å². The van der Waals surface area contributed by atoms with E-state index in [1.165, 1.54) is 38.5 Å². The van der Waals surface area contributed by atoms with Crippen LogP contribution >= 0.6 is 0 Å². The molecule has 0 saturated heterocycles. The molecule has 0 aliphatic heterocycles. The fraction of sp³-hybridized carbons (Fsp3) is 0.913. The van der Waals surface area contributed by atoms with Gasteiger partial charge in [0.25, 0.3) is 0 Å². The fourth-order valence-corrected chi connectivity index (χ4v) is 4.35. The smallest absolute Gasteiger partial charge is 0.313 e. The lowest BCUT2D eigenvalue weighted by molar-refractivity contribution is -0.920. The molecule has 0 heterocycles. The molecule has 0 amide bonds. The van der Waals surface area contributed by atoms with Gasteiger partial charge in [0, 0.05) is 6.42 Å². The van der Waals surface area contributed by atoms with Crippen LogP contribution in [0.25, 0.3) is 0 Å². The number of nitrogens with zero attached hydrogens (tertiary/aromatic N) is 1. The van der Waals surface area contributed by atoms with Crippen molar-refractivity contribution in [2.75, 3.05) is 21.1 Å². The van der Waals surface area contributed by atoms with Crippen molar-refractivity contribution in [1.29, 1.82) is 0 Å². The average Bonchev–Trinajstić information content (AvgIpc) is 2.59. The second-order valence-electron chi connectivity index (χ2n) is 9.47. The molecule has 0 spiro atoms. The number of aliphatic hydroxyl groups excluding tert-OH is 1. The van der Waals surface area contributed by atoms with Crippen LogP contribution in [0.5, 0.6) is 0 Å². The van der Waals surface area contributed by atoms with Crippen molar-refractivity contribution >= 4 is 11.9 Å². The number of rotatable bonds is 18. The number of hydrogen-bond acceptors (Lipinski definition) is 4. The highest BCUT2D eigenvalue weighted by atomic mass is 16.4. The third-order valence-corrected chi connectivity index (χ3v) is 6.21. The van der Waals surface area contributed by atoms with Gasteiger partial charge < -0.3 is 24.6 Å². The van der Waals surface area contributed by atoms with Crippen LogP contribution in [0.2, 0.25) is 0 Å². The molecule has 2 N–H and O–H groups in total. The summed E-state index contributed by atoms with van der Waals surface area (Å²) in [6.07, 6.45) is 11.3. The number of hydrogen-bond donors (Lipinski definition) is 2. The van der Waals surface area contributed by atoms with Gasteiger partial charge in [0.05, 0.1) is 27.2 Å². The Morgan fingerprint density at radius 3 is 1.69 bits per heavy atom. The zero-order valence-electron chi connectivity index (χ0n) is 19.4. The first-order valence-corrected chi connectivity index (χ1v) is 11.4. The van der Waals surface area contributed by atoms with Gasteiger partial charge in [-0.2, -0.15) is 0 Å². The van der Waals surface area contributed by atoms with E-state index in [1.54, 1.807) is 28.1 Å². The van der Waals surface area contributed by atoms with Gasteiger partial charge in [-0.15, -0.1) is 0 Å². The topological polar surface area (TPSA) is 97.7 Å². The Balaban J connectivity index is 4.90. The number of carboxylic acid groups (broad SMARTS) is 2. The molecule has 3 atom stereocenters. The quantitative estimate of drug-likeness (QED) is 0.264. The zero-order valence-corrected chi connectivity index (χ0v) is 19.4. The van der Waals surface area contributed by atoms with Crippen LogP contribution in [0.3, 0.4) is 0 Å². The molecule has 0 aliphatic carbocycles. The van der Waals surface area contributed by atoms with E-state index in [4.69, 9.17) is 0 Å². The Morgan fingerprint density at radius 1 is 0.897 bits per heavy atom. The third kappa shape index (κ3) is 9.47. The van der Waals surface area contributed by atoms with E-state index in [1.807, 2.05) is 0 Å². The first-order chi connectivity index (χ1) is 13.5. The van der Waals surface area contributed by atoms with Crippen molar-refractivity contribution in [2.24, 2.45) is 5.92 Å². The minimum Gasteiger partial charge on any atom is -0.544 e. The van der Waals surface area contributed by atoms with Crippen molar-refractivity contribution in [3.05, 3.63) is 0 Å². The van der Waals surface area contributed by atoms with Crippen LogP contribution in [-0.4, -0.2) is 59.4 Å². The lowest BCUT2D eigenvalue weighted by atomic mass is 9.74. The normalized spacial score (nSPS) is 16.2. The van der Waals surface area contributed by atoms with Crippen LogP contribution in [0, 0.1) is 5.92 Å². The number of carboxylic acids is 2. The molecule has 0 radical (unpaired) electrons. The molecule has 0 aromatic rings. The van der Waals surface area contributed by atoms with E-state index in [0.717, 1.165) is 19.3 Å². The zero-order chi connectivity index (χ0) is 22.5. The number of carbonyl (C=O) groups is 2. The van der Waals surface area contributed by atoms with Gasteiger partial charge >= 0.3 is 5.97 Å². The lowest BCUT2D eigenvalue weighted by Gasteiger charge is -2.50. The van der Waals surface area contributed by atoms with Gasteiger partial charge in [-0.1, -0.05) is 64.7 Å². The molecule has 0 aliphatic rings. The van der Waals surface area contributed by atoms with E-state index in [0.29, 0.717) is 6.42 Å². The monoisotopic (exact) mass is 415 g/mol. The Kier molecular flexibility index (Phi) is 13.4. The van der Waals surface area contributed by atoms with E-state index in [9.17, 15) is 24.9 Å². The standard InChI is InChI=1S/C23H45NO5/c1-6-7-8-9-10-11-12-13-14-15-18-23(22(28)29,24(3,4)5)20(21(26)27)17-16-19(2)25/h19-20,25H,6-18H2,1-5H3,(H-,26,27,28,29). The Morgan fingerprint density at radius 2 is 1.34 bits per heavy atom. The summed E-state index contributed by atoms with van der Waals surface area (Å²) in [5, 5.41) is 31.7. The second kappa shape index (κ2) is 14.0. The number of aliphatic carboxylic acids is 2. The van der Waals surface area contributed by atoms with Crippen molar-refractivity contribution in [3.63, 3.8) is 0 Å².